The van der Waals surface area contributed by atoms with Crippen LogP contribution in [0.3, 0.4) is 0 Å². The zero-order valence-electron chi connectivity index (χ0n) is 15.6. The van der Waals surface area contributed by atoms with Gasteiger partial charge in [0.05, 0.1) is 24.0 Å². The van der Waals surface area contributed by atoms with Crippen molar-refractivity contribution < 1.29 is 17.2 Å². The number of anilines is 1. The maximum atomic E-state index is 14.3. The molecule has 0 bridgehead atoms. The van der Waals surface area contributed by atoms with Gasteiger partial charge in [0.1, 0.15) is 17.5 Å². The summed E-state index contributed by atoms with van der Waals surface area (Å²) in [5, 5.41) is 4.37. The van der Waals surface area contributed by atoms with Crippen molar-refractivity contribution in [2.24, 2.45) is 0 Å². The highest BCUT2D eigenvalue weighted by molar-refractivity contribution is 7.88. The molecular weight excluding hydrogens is 374 g/mol. The summed E-state index contributed by atoms with van der Waals surface area (Å²) in [4.78, 5) is 2.01. The number of nitrogens with zero attached hydrogens (tertiary/aromatic N) is 3. The van der Waals surface area contributed by atoms with Crippen molar-refractivity contribution in [3.8, 4) is 0 Å². The van der Waals surface area contributed by atoms with Crippen LogP contribution in [-0.4, -0.2) is 37.5 Å². The van der Waals surface area contributed by atoms with Crippen molar-refractivity contribution in [3.63, 3.8) is 0 Å². The van der Waals surface area contributed by atoms with Gasteiger partial charge in [-0.15, -0.1) is 0 Å². The molecule has 1 saturated heterocycles. The van der Waals surface area contributed by atoms with Crippen molar-refractivity contribution in [3.05, 3.63) is 47.7 Å². The fourth-order valence-electron chi connectivity index (χ4n) is 3.50. The Labute approximate surface area is 158 Å². The quantitative estimate of drug-likeness (QED) is 0.813. The SMILES string of the molecule is CC(C)(CNS(C)(=O)=O)n1nccc1N1CCC[C@@H]1c1cc(F)ccc1F. The standard InChI is InChI=1S/C18H24F2N4O2S/c1-18(2,12-22-27(3,25)26)24-17(8-9-21-24)23-10-4-5-16(23)14-11-13(19)6-7-15(14)20/h6-9,11,16,22H,4-5,10,12H2,1-3H3/t16-/m1/s1. The highest BCUT2D eigenvalue weighted by Crippen LogP contribution is 2.38. The van der Waals surface area contributed by atoms with Gasteiger partial charge in [0.15, 0.2) is 0 Å². The fraction of sp³-hybridized carbons (Fsp3) is 0.500. The number of hydrogen-bond acceptors (Lipinski definition) is 4. The second kappa shape index (κ2) is 7.20. The van der Waals surface area contributed by atoms with Gasteiger partial charge < -0.3 is 4.90 Å². The van der Waals surface area contributed by atoms with E-state index in [1.165, 1.54) is 6.07 Å². The zero-order valence-corrected chi connectivity index (χ0v) is 16.4. The lowest BCUT2D eigenvalue weighted by Gasteiger charge is -2.33. The molecule has 1 fully saturated rings. The molecule has 1 atom stereocenters. The number of sulfonamides is 1. The van der Waals surface area contributed by atoms with Crippen LogP contribution in [0.25, 0.3) is 0 Å². The Hall–Kier alpha value is -2.00. The average Bonchev–Trinajstić information content (AvgIpc) is 3.23. The van der Waals surface area contributed by atoms with Crippen LogP contribution < -0.4 is 9.62 Å². The molecule has 0 spiro atoms. The van der Waals surface area contributed by atoms with Gasteiger partial charge >= 0.3 is 0 Å². The molecule has 0 aliphatic carbocycles. The van der Waals surface area contributed by atoms with Gasteiger partial charge in [-0.2, -0.15) is 5.10 Å². The lowest BCUT2D eigenvalue weighted by molar-refractivity contribution is 0.319. The Morgan fingerprint density at radius 1 is 1.30 bits per heavy atom. The van der Waals surface area contributed by atoms with E-state index in [-0.39, 0.29) is 12.6 Å². The van der Waals surface area contributed by atoms with Crippen LogP contribution in [0.15, 0.2) is 30.5 Å². The second-order valence-corrected chi connectivity index (χ2v) is 9.36. The molecule has 27 heavy (non-hydrogen) atoms. The van der Waals surface area contributed by atoms with Crippen molar-refractivity contribution in [2.75, 3.05) is 24.2 Å². The lowest BCUT2D eigenvalue weighted by Crippen LogP contribution is -2.42. The summed E-state index contributed by atoms with van der Waals surface area (Å²) in [6.07, 6.45) is 4.28. The third-order valence-corrected chi connectivity index (χ3v) is 5.50. The highest BCUT2D eigenvalue weighted by Gasteiger charge is 2.34. The molecule has 2 aromatic rings. The first-order valence-corrected chi connectivity index (χ1v) is 10.7. The van der Waals surface area contributed by atoms with Crippen LogP contribution in [0.4, 0.5) is 14.6 Å². The Bertz CT molecular complexity index is 927. The van der Waals surface area contributed by atoms with Crippen molar-refractivity contribution in [1.82, 2.24) is 14.5 Å². The maximum Gasteiger partial charge on any atom is 0.208 e. The minimum absolute atomic E-state index is 0.160. The van der Waals surface area contributed by atoms with Crippen molar-refractivity contribution in [2.45, 2.75) is 38.3 Å². The number of benzene rings is 1. The van der Waals surface area contributed by atoms with E-state index in [1.54, 1.807) is 10.9 Å². The van der Waals surface area contributed by atoms with Crippen molar-refractivity contribution >= 4 is 15.8 Å². The molecule has 3 rings (SSSR count). The summed E-state index contributed by atoms with van der Waals surface area (Å²) in [5.41, 5.74) is -0.317. The predicted molar refractivity (Wildman–Crippen MR) is 100 cm³/mol. The molecular formula is C18H24F2N4O2S. The second-order valence-electron chi connectivity index (χ2n) is 7.52. The van der Waals surface area contributed by atoms with Gasteiger partial charge in [0, 0.05) is 24.7 Å². The number of hydrogen-bond donors (Lipinski definition) is 1. The Morgan fingerprint density at radius 3 is 2.74 bits per heavy atom. The van der Waals surface area contributed by atoms with Crippen LogP contribution >= 0.6 is 0 Å². The molecule has 1 aromatic heterocycles. The van der Waals surface area contributed by atoms with Gasteiger partial charge in [-0.25, -0.2) is 26.6 Å². The van der Waals surface area contributed by atoms with Crippen LogP contribution in [0.1, 0.15) is 38.3 Å². The van der Waals surface area contributed by atoms with E-state index in [4.69, 9.17) is 0 Å². The predicted octanol–water partition coefficient (Wildman–Crippen LogP) is 2.79. The molecule has 0 unspecified atom stereocenters. The molecule has 0 saturated carbocycles. The topological polar surface area (TPSA) is 67.2 Å². The average molecular weight is 398 g/mol. The van der Waals surface area contributed by atoms with Gasteiger partial charge in [-0.05, 0) is 44.9 Å². The summed E-state index contributed by atoms with van der Waals surface area (Å²) >= 11 is 0. The Kier molecular flexibility index (Phi) is 5.27. The maximum absolute atomic E-state index is 14.3. The van der Waals surface area contributed by atoms with E-state index in [1.807, 2.05) is 24.8 Å². The highest BCUT2D eigenvalue weighted by atomic mass is 32.2. The summed E-state index contributed by atoms with van der Waals surface area (Å²) in [6.45, 7) is 4.58. The monoisotopic (exact) mass is 398 g/mol. The van der Waals surface area contributed by atoms with Gasteiger partial charge in [-0.1, -0.05) is 0 Å². The largest absolute Gasteiger partial charge is 0.350 e. The van der Waals surface area contributed by atoms with Crippen LogP contribution in [0.5, 0.6) is 0 Å². The molecule has 9 heteroatoms. The van der Waals surface area contributed by atoms with E-state index in [9.17, 15) is 17.2 Å². The van der Waals surface area contributed by atoms with Crippen LogP contribution in [0, 0.1) is 11.6 Å². The van der Waals surface area contributed by atoms with Gasteiger partial charge in [0.2, 0.25) is 10.0 Å². The van der Waals surface area contributed by atoms with Gasteiger partial charge in [-0.3, -0.25) is 0 Å². The molecule has 6 nitrogen and oxygen atoms in total. The fourth-order valence-corrected chi connectivity index (χ4v) is 4.11. The van der Waals surface area contributed by atoms with E-state index < -0.39 is 27.2 Å². The molecule has 0 radical (unpaired) electrons. The molecule has 148 valence electrons. The van der Waals surface area contributed by atoms with E-state index >= 15 is 0 Å². The normalized spacial score (nSPS) is 18.3. The van der Waals surface area contributed by atoms with Crippen LogP contribution in [0.2, 0.25) is 0 Å². The van der Waals surface area contributed by atoms with E-state index in [0.717, 1.165) is 30.6 Å². The zero-order chi connectivity index (χ0) is 19.8. The summed E-state index contributed by atoms with van der Waals surface area (Å²) in [6, 6.07) is 5.03. The molecule has 0 amide bonds. The third-order valence-electron chi connectivity index (χ3n) is 4.83. The lowest BCUT2D eigenvalue weighted by atomic mass is 10.0. The van der Waals surface area contributed by atoms with Gasteiger partial charge in [0.25, 0.3) is 0 Å². The minimum atomic E-state index is -3.34. The Morgan fingerprint density at radius 2 is 2.04 bits per heavy atom. The third kappa shape index (κ3) is 4.30. The molecule has 2 heterocycles. The first kappa shape index (κ1) is 19.8. The smallest absolute Gasteiger partial charge is 0.208 e. The molecule has 1 aromatic carbocycles. The summed E-state index contributed by atoms with van der Waals surface area (Å²) in [7, 11) is -3.34. The first-order valence-electron chi connectivity index (χ1n) is 8.79. The molecule has 1 aliphatic rings. The summed E-state index contributed by atoms with van der Waals surface area (Å²) in [5.74, 6) is -0.150. The number of aromatic nitrogens is 2. The Balaban J connectivity index is 1.93. The minimum Gasteiger partial charge on any atom is -0.350 e. The molecule has 1 N–H and O–H groups in total. The number of halogens is 2. The number of rotatable bonds is 6. The van der Waals surface area contributed by atoms with Crippen molar-refractivity contribution in [1.29, 1.82) is 0 Å². The van der Waals surface area contributed by atoms with E-state index in [2.05, 4.69) is 9.82 Å². The molecule has 1 aliphatic heterocycles. The van der Waals surface area contributed by atoms with E-state index in [0.29, 0.717) is 18.5 Å². The first-order chi connectivity index (χ1) is 12.6. The summed E-state index contributed by atoms with van der Waals surface area (Å²) < 4.78 is 55.2. The number of nitrogens with one attached hydrogen (secondary N) is 1. The van der Waals surface area contributed by atoms with Crippen LogP contribution in [-0.2, 0) is 15.6 Å².